The van der Waals surface area contributed by atoms with E-state index in [9.17, 15) is 19.3 Å². The molecule has 110 valence electrons. The van der Waals surface area contributed by atoms with Gasteiger partial charge in [-0.3, -0.25) is 14.9 Å². The molecular formula is C14H13FN2O4. The average molecular weight is 292 g/mol. The Morgan fingerprint density at radius 2 is 2.10 bits per heavy atom. The molecule has 0 spiro atoms. The van der Waals surface area contributed by atoms with Crippen molar-refractivity contribution in [3.05, 3.63) is 62.8 Å². The van der Waals surface area contributed by atoms with E-state index in [1.807, 2.05) is 0 Å². The molecule has 2 rings (SSSR count). The van der Waals surface area contributed by atoms with Crippen LogP contribution in [-0.2, 0) is 6.54 Å². The lowest BCUT2D eigenvalue weighted by molar-refractivity contribution is -0.385. The van der Waals surface area contributed by atoms with E-state index in [1.54, 1.807) is 19.1 Å². The first-order valence-electron chi connectivity index (χ1n) is 6.16. The summed E-state index contributed by atoms with van der Waals surface area (Å²) < 4.78 is 19.2. The molecule has 7 heteroatoms. The fourth-order valence-electron chi connectivity index (χ4n) is 1.86. The number of nitro groups is 1. The number of benzene rings is 1. The molecule has 0 aliphatic heterocycles. The maximum Gasteiger partial charge on any atom is 0.270 e. The van der Waals surface area contributed by atoms with Crippen LogP contribution in [0.4, 0.5) is 10.1 Å². The summed E-state index contributed by atoms with van der Waals surface area (Å²) in [6.45, 7) is 3.21. The molecule has 0 bridgehead atoms. The largest absolute Gasteiger partial charge is 0.465 e. The predicted octanol–water partition coefficient (Wildman–Crippen LogP) is 2.87. The summed E-state index contributed by atoms with van der Waals surface area (Å²) in [7, 11) is 0. The third kappa shape index (κ3) is 3.25. The van der Waals surface area contributed by atoms with Crippen LogP contribution in [0.25, 0.3) is 0 Å². The van der Waals surface area contributed by atoms with Crippen LogP contribution in [0.2, 0.25) is 0 Å². The Hall–Kier alpha value is -2.70. The molecule has 0 aliphatic rings. The molecule has 1 aromatic heterocycles. The predicted molar refractivity (Wildman–Crippen MR) is 72.4 cm³/mol. The van der Waals surface area contributed by atoms with Gasteiger partial charge in [0.1, 0.15) is 17.3 Å². The molecular weight excluding hydrogens is 279 g/mol. The molecule has 1 aromatic carbocycles. The zero-order valence-electron chi connectivity index (χ0n) is 11.5. The quantitative estimate of drug-likeness (QED) is 0.693. The summed E-state index contributed by atoms with van der Waals surface area (Å²) >= 11 is 0. The van der Waals surface area contributed by atoms with Crippen LogP contribution < -0.4 is 5.32 Å². The summed E-state index contributed by atoms with van der Waals surface area (Å²) in [6, 6.07) is 5.43. The van der Waals surface area contributed by atoms with Gasteiger partial charge in [0, 0.05) is 12.1 Å². The molecule has 0 fully saturated rings. The van der Waals surface area contributed by atoms with E-state index in [2.05, 4.69) is 5.32 Å². The first kappa shape index (κ1) is 14.7. The fraction of sp³-hybridized carbons (Fsp3) is 0.214. The molecule has 1 amide bonds. The number of aryl methyl sites for hydroxylation is 2. The number of hydrogen-bond acceptors (Lipinski definition) is 4. The van der Waals surface area contributed by atoms with Gasteiger partial charge in [-0.05, 0) is 31.5 Å². The lowest BCUT2D eigenvalue weighted by Gasteiger charge is -2.06. The zero-order chi connectivity index (χ0) is 15.6. The van der Waals surface area contributed by atoms with Crippen molar-refractivity contribution in [2.75, 3.05) is 0 Å². The summed E-state index contributed by atoms with van der Waals surface area (Å²) in [5.41, 5.74) is -0.638. The van der Waals surface area contributed by atoms with Crippen molar-refractivity contribution in [3.63, 3.8) is 0 Å². The van der Waals surface area contributed by atoms with Gasteiger partial charge < -0.3 is 9.73 Å². The number of carbonyl (C=O) groups is 1. The van der Waals surface area contributed by atoms with Crippen molar-refractivity contribution < 1.29 is 18.5 Å². The number of furan rings is 1. The van der Waals surface area contributed by atoms with Gasteiger partial charge in [-0.2, -0.15) is 0 Å². The number of halogens is 1. The van der Waals surface area contributed by atoms with Gasteiger partial charge in [-0.1, -0.05) is 0 Å². The maximum absolute atomic E-state index is 13.9. The topological polar surface area (TPSA) is 85.4 Å². The Morgan fingerprint density at radius 3 is 2.67 bits per heavy atom. The van der Waals surface area contributed by atoms with E-state index < -0.39 is 16.6 Å². The van der Waals surface area contributed by atoms with Crippen LogP contribution >= 0.6 is 0 Å². The lowest BCUT2D eigenvalue weighted by Crippen LogP contribution is -2.24. The molecule has 0 atom stereocenters. The molecule has 0 aliphatic carbocycles. The minimum Gasteiger partial charge on any atom is -0.465 e. The summed E-state index contributed by atoms with van der Waals surface area (Å²) in [4.78, 5) is 22.0. The standard InChI is InChI=1S/C14H13FN2O4/c1-8-5-10(17(19)20)6-12(13(8)15)14(18)16-7-11-4-3-9(2)21-11/h3-6H,7H2,1-2H3,(H,16,18). The second-order valence-corrected chi connectivity index (χ2v) is 4.58. The molecule has 2 aromatic rings. The molecule has 0 saturated heterocycles. The molecule has 21 heavy (non-hydrogen) atoms. The van der Waals surface area contributed by atoms with E-state index >= 15 is 0 Å². The van der Waals surface area contributed by atoms with Gasteiger partial charge in [-0.15, -0.1) is 0 Å². The van der Waals surface area contributed by atoms with Crippen molar-refractivity contribution in [2.45, 2.75) is 20.4 Å². The summed E-state index contributed by atoms with van der Waals surface area (Å²) in [5, 5.41) is 13.2. The highest BCUT2D eigenvalue weighted by atomic mass is 19.1. The Kier molecular flexibility index (Phi) is 4.02. The van der Waals surface area contributed by atoms with Gasteiger partial charge >= 0.3 is 0 Å². The molecule has 0 saturated carbocycles. The zero-order valence-corrected chi connectivity index (χ0v) is 11.5. The van der Waals surface area contributed by atoms with Gasteiger partial charge in [-0.25, -0.2) is 4.39 Å². The monoisotopic (exact) mass is 292 g/mol. The van der Waals surface area contributed by atoms with Crippen LogP contribution in [0.5, 0.6) is 0 Å². The van der Waals surface area contributed by atoms with E-state index in [4.69, 9.17) is 4.42 Å². The van der Waals surface area contributed by atoms with Gasteiger partial charge in [0.05, 0.1) is 17.0 Å². The Bertz CT molecular complexity index is 709. The fourth-order valence-corrected chi connectivity index (χ4v) is 1.86. The van der Waals surface area contributed by atoms with Crippen LogP contribution in [0.1, 0.15) is 27.4 Å². The smallest absolute Gasteiger partial charge is 0.270 e. The van der Waals surface area contributed by atoms with Crippen LogP contribution in [0.3, 0.4) is 0 Å². The Morgan fingerprint density at radius 1 is 1.38 bits per heavy atom. The Labute approximate surface area is 119 Å². The molecule has 0 unspecified atom stereocenters. The van der Waals surface area contributed by atoms with Crippen molar-refractivity contribution in [2.24, 2.45) is 0 Å². The summed E-state index contributed by atoms with van der Waals surface area (Å²) in [5.74, 6) is -0.290. The highest BCUT2D eigenvalue weighted by Crippen LogP contribution is 2.21. The van der Waals surface area contributed by atoms with Crippen LogP contribution in [0.15, 0.2) is 28.7 Å². The lowest BCUT2D eigenvalue weighted by atomic mass is 10.1. The number of rotatable bonds is 4. The number of non-ortho nitro benzene ring substituents is 1. The van der Waals surface area contributed by atoms with Crippen molar-refractivity contribution in [3.8, 4) is 0 Å². The molecule has 1 heterocycles. The second kappa shape index (κ2) is 5.74. The maximum atomic E-state index is 13.9. The molecule has 1 N–H and O–H groups in total. The highest BCUT2D eigenvalue weighted by molar-refractivity contribution is 5.95. The van der Waals surface area contributed by atoms with E-state index in [0.29, 0.717) is 11.5 Å². The van der Waals surface area contributed by atoms with Crippen LogP contribution in [0, 0.1) is 29.8 Å². The first-order valence-corrected chi connectivity index (χ1v) is 6.16. The Balaban J connectivity index is 2.20. The number of nitro benzene ring substituents is 1. The summed E-state index contributed by atoms with van der Waals surface area (Å²) in [6.07, 6.45) is 0. The number of nitrogens with zero attached hydrogens (tertiary/aromatic N) is 1. The highest BCUT2D eigenvalue weighted by Gasteiger charge is 2.19. The van der Waals surface area contributed by atoms with Gasteiger partial charge in [0.15, 0.2) is 0 Å². The number of nitrogens with one attached hydrogen (secondary N) is 1. The number of hydrogen-bond donors (Lipinski definition) is 1. The molecule has 6 nitrogen and oxygen atoms in total. The third-order valence-corrected chi connectivity index (χ3v) is 2.91. The van der Waals surface area contributed by atoms with Crippen LogP contribution in [-0.4, -0.2) is 10.8 Å². The SMILES string of the molecule is Cc1ccc(CNC(=O)c2cc([N+](=O)[O-])cc(C)c2F)o1. The molecule has 0 radical (unpaired) electrons. The van der Waals surface area contributed by atoms with Crippen molar-refractivity contribution >= 4 is 11.6 Å². The number of carbonyl (C=O) groups excluding carboxylic acids is 1. The normalized spacial score (nSPS) is 10.4. The van der Waals surface area contributed by atoms with Crippen molar-refractivity contribution in [1.82, 2.24) is 5.32 Å². The van der Waals surface area contributed by atoms with Gasteiger partial charge in [0.2, 0.25) is 0 Å². The van der Waals surface area contributed by atoms with E-state index in [-0.39, 0.29) is 23.4 Å². The minimum absolute atomic E-state index is 0.0446. The second-order valence-electron chi connectivity index (χ2n) is 4.58. The van der Waals surface area contributed by atoms with Crippen molar-refractivity contribution in [1.29, 1.82) is 0 Å². The third-order valence-electron chi connectivity index (χ3n) is 2.91. The van der Waals surface area contributed by atoms with E-state index in [0.717, 1.165) is 12.1 Å². The average Bonchev–Trinajstić information content (AvgIpc) is 2.84. The van der Waals surface area contributed by atoms with Gasteiger partial charge in [0.25, 0.3) is 11.6 Å². The first-order chi connectivity index (χ1) is 9.88. The number of amides is 1. The van der Waals surface area contributed by atoms with E-state index in [1.165, 1.54) is 6.92 Å². The minimum atomic E-state index is -0.770.